The summed E-state index contributed by atoms with van der Waals surface area (Å²) in [4.78, 5) is 19.7. The predicted octanol–water partition coefficient (Wildman–Crippen LogP) is 3.93. The lowest BCUT2D eigenvalue weighted by molar-refractivity contribution is 0.129. The van der Waals surface area contributed by atoms with E-state index in [9.17, 15) is 4.79 Å². The fourth-order valence-corrected chi connectivity index (χ4v) is 5.05. The fourth-order valence-electron chi connectivity index (χ4n) is 2.79. The van der Waals surface area contributed by atoms with Crippen molar-refractivity contribution in [3.8, 4) is 0 Å². The molecule has 0 aromatic carbocycles. The first-order valence-corrected chi connectivity index (χ1v) is 9.56. The number of ether oxygens (including phenoxy) is 1. The highest BCUT2D eigenvalue weighted by Gasteiger charge is 2.21. The molecule has 0 unspecified atom stereocenters. The second-order valence-electron chi connectivity index (χ2n) is 6.07. The molecule has 0 saturated carbocycles. The van der Waals surface area contributed by atoms with Gasteiger partial charge in [-0.15, -0.1) is 11.3 Å². The fraction of sp³-hybridized carbons (Fsp3) is 0.625. The van der Waals surface area contributed by atoms with Gasteiger partial charge >= 0.3 is 0 Å². The first-order chi connectivity index (χ1) is 10.5. The van der Waals surface area contributed by atoms with Crippen LogP contribution in [0.5, 0.6) is 0 Å². The molecule has 1 saturated heterocycles. The van der Waals surface area contributed by atoms with E-state index in [4.69, 9.17) is 9.72 Å². The van der Waals surface area contributed by atoms with Crippen LogP contribution in [0.15, 0.2) is 9.95 Å². The Balaban J connectivity index is 2.03. The average Bonchev–Trinajstić information content (AvgIpc) is 3.05. The van der Waals surface area contributed by atoms with Crippen molar-refractivity contribution in [1.82, 2.24) is 9.55 Å². The number of hydrogen-bond acceptors (Lipinski definition) is 5. The number of thioether (sulfide) groups is 1. The van der Waals surface area contributed by atoms with Crippen molar-refractivity contribution in [2.45, 2.75) is 57.8 Å². The SMILES string of the molecule is Cc1sc2nc(SC[C@@H]3CCCO3)n(C(C)C)c(=O)c2c1C. The first kappa shape index (κ1) is 16.0. The molecule has 0 bridgehead atoms. The maximum atomic E-state index is 12.9. The monoisotopic (exact) mass is 338 g/mol. The number of aryl methyl sites for hydroxylation is 2. The molecule has 0 radical (unpaired) electrons. The Kier molecular flexibility index (Phi) is 4.61. The highest BCUT2D eigenvalue weighted by atomic mass is 32.2. The second kappa shape index (κ2) is 6.34. The molecule has 0 aliphatic carbocycles. The number of fused-ring (bicyclic) bond motifs is 1. The van der Waals surface area contributed by atoms with Gasteiger partial charge in [-0.25, -0.2) is 4.98 Å². The van der Waals surface area contributed by atoms with Gasteiger partial charge in [-0.05, 0) is 46.1 Å². The molecule has 4 nitrogen and oxygen atoms in total. The Morgan fingerprint density at radius 2 is 2.23 bits per heavy atom. The lowest BCUT2D eigenvalue weighted by Gasteiger charge is -2.16. The van der Waals surface area contributed by atoms with E-state index >= 15 is 0 Å². The molecule has 1 aliphatic rings. The van der Waals surface area contributed by atoms with Crippen molar-refractivity contribution >= 4 is 33.3 Å². The Morgan fingerprint density at radius 3 is 2.86 bits per heavy atom. The Labute approximate surface area is 138 Å². The van der Waals surface area contributed by atoms with Crippen molar-refractivity contribution < 1.29 is 4.74 Å². The summed E-state index contributed by atoms with van der Waals surface area (Å²) in [6, 6.07) is 0.107. The van der Waals surface area contributed by atoms with Crippen LogP contribution in [-0.4, -0.2) is 28.0 Å². The Hall–Kier alpha value is -0.850. The largest absolute Gasteiger partial charge is 0.377 e. The van der Waals surface area contributed by atoms with Crippen LogP contribution in [0.1, 0.15) is 43.2 Å². The summed E-state index contributed by atoms with van der Waals surface area (Å²) in [6.07, 6.45) is 2.54. The lowest BCUT2D eigenvalue weighted by atomic mass is 10.2. The van der Waals surface area contributed by atoms with Crippen LogP contribution in [0.3, 0.4) is 0 Å². The molecule has 22 heavy (non-hydrogen) atoms. The van der Waals surface area contributed by atoms with E-state index in [1.807, 2.05) is 25.3 Å². The molecule has 6 heteroatoms. The molecule has 0 spiro atoms. The Bertz CT molecular complexity index is 743. The van der Waals surface area contributed by atoms with E-state index in [1.165, 1.54) is 4.88 Å². The molecule has 3 heterocycles. The van der Waals surface area contributed by atoms with Gasteiger partial charge in [0.2, 0.25) is 0 Å². The summed E-state index contributed by atoms with van der Waals surface area (Å²) in [5, 5.41) is 1.61. The van der Waals surface area contributed by atoms with Gasteiger partial charge in [-0.1, -0.05) is 11.8 Å². The zero-order valence-electron chi connectivity index (χ0n) is 13.5. The molecule has 2 aromatic rings. The van der Waals surface area contributed by atoms with Gasteiger partial charge in [-0.3, -0.25) is 9.36 Å². The topological polar surface area (TPSA) is 44.1 Å². The third-order valence-corrected chi connectivity index (χ3v) is 6.33. The molecule has 1 aliphatic heterocycles. The van der Waals surface area contributed by atoms with Gasteiger partial charge in [0.25, 0.3) is 5.56 Å². The van der Waals surface area contributed by atoms with E-state index in [0.717, 1.165) is 46.1 Å². The summed E-state index contributed by atoms with van der Waals surface area (Å²) in [6.45, 7) is 9.01. The lowest BCUT2D eigenvalue weighted by Crippen LogP contribution is -2.25. The molecule has 0 N–H and O–H groups in total. The number of thiophene rings is 1. The third-order valence-electron chi connectivity index (χ3n) is 4.14. The van der Waals surface area contributed by atoms with Gasteiger partial charge in [0, 0.05) is 23.3 Å². The predicted molar refractivity (Wildman–Crippen MR) is 93.4 cm³/mol. The highest BCUT2D eigenvalue weighted by Crippen LogP contribution is 2.30. The standard InChI is InChI=1S/C16H22N2O2S2/c1-9(2)18-15(19)13-10(3)11(4)22-14(13)17-16(18)21-8-12-6-5-7-20-12/h9,12H,5-8H2,1-4H3/t12-/m0/s1. The van der Waals surface area contributed by atoms with Crippen LogP contribution in [0.4, 0.5) is 0 Å². The Morgan fingerprint density at radius 1 is 1.45 bits per heavy atom. The van der Waals surface area contributed by atoms with E-state index in [1.54, 1.807) is 23.1 Å². The minimum Gasteiger partial charge on any atom is -0.377 e. The second-order valence-corrected chi connectivity index (χ2v) is 8.26. The van der Waals surface area contributed by atoms with Gasteiger partial charge < -0.3 is 4.74 Å². The van der Waals surface area contributed by atoms with Gasteiger partial charge in [-0.2, -0.15) is 0 Å². The zero-order chi connectivity index (χ0) is 15.9. The third kappa shape index (κ3) is 2.84. The number of hydrogen-bond donors (Lipinski definition) is 0. The normalized spacial score (nSPS) is 18.7. The molecule has 0 amide bonds. The van der Waals surface area contributed by atoms with Crippen LogP contribution in [0, 0.1) is 13.8 Å². The van der Waals surface area contributed by atoms with Crippen molar-refractivity contribution in [3.63, 3.8) is 0 Å². The molecule has 120 valence electrons. The van der Waals surface area contributed by atoms with Crippen molar-refractivity contribution in [2.24, 2.45) is 0 Å². The van der Waals surface area contributed by atoms with Crippen LogP contribution in [0.2, 0.25) is 0 Å². The van der Waals surface area contributed by atoms with E-state index in [2.05, 4.69) is 6.92 Å². The van der Waals surface area contributed by atoms with Crippen molar-refractivity contribution in [1.29, 1.82) is 0 Å². The van der Waals surface area contributed by atoms with Crippen LogP contribution in [-0.2, 0) is 4.74 Å². The van der Waals surface area contributed by atoms with Crippen molar-refractivity contribution in [3.05, 3.63) is 20.8 Å². The molecule has 3 rings (SSSR count). The summed E-state index contributed by atoms with van der Waals surface area (Å²) < 4.78 is 7.52. The average molecular weight is 338 g/mol. The number of rotatable bonds is 4. The molecular formula is C16H22N2O2S2. The first-order valence-electron chi connectivity index (χ1n) is 7.75. The molecular weight excluding hydrogens is 316 g/mol. The van der Waals surface area contributed by atoms with E-state index < -0.39 is 0 Å². The van der Waals surface area contributed by atoms with Crippen LogP contribution >= 0.6 is 23.1 Å². The maximum Gasteiger partial charge on any atom is 0.263 e. The van der Waals surface area contributed by atoms with Gasteiger partial charge in [0.05, 0.1) is 11.5 Å². The zero-order valence-corrected chi connectivity index (χ0v) is 15.1. The number of nitrogens with zero attached hydrogens (tertiary/aromatic N) is 2. The van der Waals surface area contributed by atoms with Crippen LogP contribution in [0.25, 0.3) is 10.2 Å². The summed E-state index contributed by atoms with van der Waals surface area (Å²) in [7, 11) is 0. The smallest absolute Gasteiger partial charge is 0.263 e. The number of aromatic nitrogens is 2. The summed E-state index contributed by atoms with van der Waals surface area (Å²) >= 11 is 3.27. The van der Waals surface area contributed by atoms with E-state index in [-0.39, 0.29) is 11.6 Å². The van der Waals surface area contributed by atoms with Gasteiger partial charge in [0.15, 0.2) is 5.16 Å². The van der Waals surface area contributed by atoms with Crippen LogP contribution < -0.4 is 5.56 Å². The summed E-state index contributed by atoms with van der Waals surface area (Å²) in [5.74, 6) is 0.869. The van der Waals surface area contributed by atoms with Crippen molar-refractivity contribution in [2.75, 3.05) is 12.4 Å². The van der Waals surface area contributed by atoms with E-state index in [0.29, 0.717) is 6.10 Å². The summed E-state index contributed by atoms with van der Waals surface area (Å²) in [5.41, 5.74) is 1.17. The molecule has 2 aromatic heterocycles. The highest BCUT2D eigenvalue weighted by molar-refractivity contribution is 7.99. The molecule has 1 fully saturated rings. The minimum absolute atomic E-state index is 0.0942. The molecule has 1 atom stereocenters. The van der Waals surface area contributed by atoms with Gasteiger partial charge in [0.1, 0.15) is 4.83 Å². The quantitative estimate of drug-likeness (QED) is 0.626. The minimum atomic E-state index is 0.0942. The maximum absolute atomic E-state index is 12.9.